The van der Waals surface area contributed by atoms with Gasteiger partial charge >= 0.3 is 5.97 Å². The molecule has 1 atom stereocenters. The number of hydrogen-bond acceptors (Lipinski definition) is 10. The molecule has 3 amide bonds. The van der Waals surface area contributed by atoms with Gasteiger partial charge in [-0.3, -0.25) is 18.9 Å². The van der Waals surface area contributed by atoms with Gasteiger partial charge in [0.05, 0.1) is 12.8 Å². The van der Waals surface area contributed by atoms with Gasteiger partial charge in [0.15, 0.2) is 28.5 Å². The van der Waals surface area contributed by atoms with Crippen molar-refractivity contribution in [3.8, 4) is 0 Å². The fraction of sp³-hybridized carbons (Fsp3) is 0.375. The van der Waals surface area contributed by atoms with E-state index < -0.39 is 80.0 Å². The molecule has 0 aromatic heterocycles. The van der Waals surface area contributed by atoms with Gasteiger partial charge in [0.2, 0.25) is 0 Å². The van der Waals surface area contributed by atoms with Crippen molar-refractivity contribution in [2.45, 2.75) is 18.1 Å². The molecule has 36 heavy (non-hydrogen) atoms. The zero-order valence-electron chi connectivity index (χ0n) is 17.4. The molecule has 0 bridgehead atoms. The fourth-order valence-corrected chi connectivity index (χ4v) is 5.13. The number of carbonyl (C=O) groups is 4. The standard InChI is InChI=1S/C16H13F4N5O8S3/c17-10-9(11(18)13(20)14(12(10)19)23-24-21)15(28)22-2-4-35-34-3-1-8(27)33-25-7(26)5-6(16(25)29)36(30,31)32/h6H,1-5H2,(H,22,28)(H,30,31,32)/t6-/m0/s1. The number of amides is 3. The maximum absolute atomic E-state index is 13.9. The number of nitrogens with zero attached hydrogens (tertiary/aromatic N) is 4. The highest BCUT2D eigenvalue weighted by atomic mass is 33.1. The first-order valence-corrected chi connectivity index (χ1v) is 13.3. The Labute approximate surface area is 206 Å². The van der Waals surface area contributed by atoms with Crippen LogP contribution in [0.5, 0.6) is 0 Å². The topological polar surface area (TPSA) is 196 Å². The second kappa shape index (κ2) is 12.3. The molecule has 2 rings (SSSR count). The Bertz CT molecular complexity index is 1230. The number of azide groups is 1. The summed E-state index contributed by atoms with van der Waals surface area (Å²) in [5.41, 5.74) is 5.08. The van der Waals surface area contributed by atoms with E-state index in [-0.39, 0.29) is 29.5 Å². The van der Waals surface area contributed by atoms with E-state index in [9.17, 15) is 45.2 Å². The lowest BCUT2D eigenvalue weighted by Gasteiger charge is -2.13. The summed E-state index contributed by atoms with van der Waals surface area (Å²) in [6, 6.07) is 0. The van der Waals surface area contributed by atoms with Crippen molar-refractivity contribution in [3.63, 3.8) is 0 Å². The molecule has 196 valence electrons. The largest absolute Gasteiger partial charge is 0.351 e. The Balaban J connectivity index is 1.75. The van der Waals surface area contributed by atoms with E-state index in [1.54, 1.807) is 0 Å². The summed E-state index contributed by atoms with van der Waals surface area (Å²) in [6.45, 7) is -0.227. The van der Waals surface area contributed by atoms with E-state index in [2.05, 4.69) is 9.95 Å². The van der Waals surface area contributed by atoms with Crippen LogP contribution in [0.4, 0.5) is 23.2 Å². The predicted molar refractivity (Wildman–Crippen MR) is 115 cm³/mol. The van der Waals surface area contributed by atoms with Crippen LogP contribution in [0.25, 0.3) is 10.4 Å². The summed E-state index contributed by atoms with van der Waals surface area (Å²) in [6.07, 6.45) is -1.23. The smallest absolute Gasteiger partial charge is 0.334 e. The van der Waals surface area contributed by atoms with E-state index in [1.165, 1.54) is 0 Å². The molecule has 0 saturated carbocycles. The molecule has 20 heteroatoms. The molecular weight excluding hydrogens is 562 g/mol. The van der Waals surface area contributed by atoms with Gasteiger partial charge in [0, 0.05) is 23.0 Å². The zero-order valence-corrected chi connectivity index (χ0v) is 19.9. The molecule has 0 spiro atoms. The van der Waals surface area contributed by atoms with Crippen molar-refractivity contribution in [3.05, 3.63) is 39.3 Å². The Kier molecular flexibility index (Phi) is 9.93. The predicted octanol–water partition coefficient (Wildman–Crippen LogP) is 2.16. The maximum Gasteiger partial charge on any atom is 0.334 e. The molecule has 1 heterocycles. The van der Waals surface area contributed by atoms with Crippen molar-refractivity contribution in [2.75, 3.05) is 18.1 Å². The maximum atomic E-state index is 13.9. The number of benzene rings is 1. The number of carbonyl (C=O) groups excluding carboxylic acids is 4. The van der Waals surface area contributed by atoms with E-state index in [4.69, 9.17) is 10.1 Å². The Hall–Kier alpha value is -3.06. The van der Waals surface area contributed by atoms with E-state index in [0.29, 0.717) is 0 Å². The fourth-order valence-electron chi connectivity index (χ4n) is 2.55. The first-order valence-electron chi connectivity index (χ1n) is 9.28. The van der Waals surface area contributed by atoms with Crippen LogP contribution >= 0.6 is 21.6 Å². The summed E-state index contributed by atoms with van der Waals surface area (Å²) >= 11 is 0. The average molecular weight is 576 g/mol. The molecule has 0 unspecified atom stereocenters. The molecule has 1 aliphatic rings. The van der Waals surface area contributed by atoms with Gasteiger partial charge in [-0.2, -0.15) is 8.42 Å². The van der Waals surface area contributed by atoms with Crippen LogP contribution in [-0.2, 0) is 29.3 Å². The van der Waals surface area contributed by atoms with Crippen LogP contribution in [0.15, 0.2) is 5.11 Å². The van der Waals surface area contributed by atoms with Crippen molar-refractivity contribution in [2.24, 2.45) is 5.11 Å². The zero-order chi connectivity index (χ0) is 27.2. The van der Waals surface area contributed by atoms with Crippen LogP contribution in [0.3, 0.4) is 0 Å². The SMILES string of the molecule is [N-]=[N+]=Nc1c(F)c(F)c(C(=O)NCCSSCCC(=O)ON2C(=O)C[C@H](S(=O)(=O)O)C2=O)c(F)c1F. The van der Waals surface area contributed by atoms with Crippen molar-refractivity contribution in [1.29, 1.82) is 0 Å². The van der Waals surface area contributed by atoms with Gasteiger partial charge in [0.25, 0.3) is 27.8 Å². The Morgan fingerprint density at radius 1 is 1.14 bits per heavy atom. The van der Waals surface area contributed by atoms with Gasteiger partial charge in [0.1, 0.15) is 11.3 Å². The number of rotatable bonds is 11. The van der Waals surface area contributed by atoms with Gasteiger partial charge < -0.3 is 10.2 Å². The van der Waals surface area contributed by atoms with E-state index >= 15 is 0 Å². The van der Waals surface area contributed by atoms with Crippen molar-refractivity contribution in [1.82, 2.24) is 10.4 Å². The number of nitrogens with one attached hydrogen (secondary N) is 1. The Morgan fingerprint density at radius 2 is 1.72 bits per heavy atom. The second-order valence-electron chi connectivity index (χ2n) is 6.52. The molecule has 1 aromatic carbocycles. The lowest BCUT2D eigenvalue weighted by atomic mass is 10.1. The minimum absolute atomic E-state index is 0.0444. The number of imide groups is 1. The summed E-state index contributed by atoms with van der Waals surface area (Å²) < 4.78 is 86.3. The molecule has 1 saturated heterocycles. The monoisotopic (exact) mass is 575 g/mol. The normalized spacial score (nSPS) is 15.6. The molecule has 0 radical (unpaired) electrons. The molecule has 2 N–H and O–H groups in total. The van der Waals surface area contributed by atoms with Crippen LogP contribution in [0.1, 0.15) is 23.2 Å². The van der Waals surface area contributed by atoms with Crippen LogP contribution in [0, 0.1) is 23.3 Å². The summed E-state index contributed by atoms with van der Waals surface area (Å²) in [5, 5.41) is 2.43. The lowest BCUT2D eigenvalue weighted by molar-refractivity contribution is -0.197. The molecule has 1 aromatic rings. The van der Waals surface area contributed by atoms with Gasteiger partial charge in [-0.1, -0.05) is 26.7 Å². The summed E-state index contributed by atoms with van der Waals surface area (Å²) in [7, 11) is -2.77. The molecule has 13 nitrogen and oxygen atoms in total. The third-order valence-electron chi connectivity index (χ3n) is 4.17. The van der Waals surface area contributed by atoms with Crippen molar-refractivity contribution < 1.29 is 54.5 Å². The minimum Gasteiger partial charge on any atom is -0.351 e. The lowest BCUT2D eigenvalue weighted by Crippen LogP contribution is -2.36. The van der Waals surface area contributed by atoms with Gasteiger partial charge in [-0.05, 0) is 5.53 Å². The highest BCUT2D eigenvalue weighted by molar-refractivity contribution is 8.76. The number of hydrogen-bond donors (Lipinski definition) is 2. The van der Waals surface area contributed by atoms with Crippen LogP contribution < -0.4 is 5.32 Å². The molecular formula is C16H13F4N5O8S3. The number of halogens is 4. The molecule has 1 aliphatic heterocycles. The summed E-state index contributed by atoms with van der Waals surface area (Å²) in [4.78, 5) is 53.6. The van der Waals surface area contributed by atoms with Gasteiger partial charge in [-0.25, -0.2) is 22.4 Å². The quantitative estimate of drug-likeness (QED) is 0.0454. The number of hydroxylamine groups is 2. The minimum atomic E-state index is -4.86. The highest BCUT2D eigenvalue weighted by Gasteiger charge is 2.48. The van der Waals surface area contributed by atoms with Crippen molar-refractivity contribution >= 4 is 61.1 Å². The van der Waals surface area contributed by atoms with Crippen LogP contribution in [0.2, 0.25) is 0 Å². The Morgan fingerprint density at radius 3 is 2.25 bits per heavy atom. The van der Waals surface area contributed by atoms with E-state index in [1.807, 2.05) is 10.2 Å². The third kappa shape index (κ3) is 6.78. The van der Waals surface area contributed by atoms with Gasteiger partial charge in [-0.15, -0.1) is 5.06 Å². The molecule has 1 fully saturated rings. The third-order valence-corrected chi connectivity index (χ3v) is 7.67. The first-order chi connectivity index (χ1) is 16.8. The van der Waals surface area contributed by atoms with E-state index in [0.717, 1.165) is 21.6 Å². The molecule has 0 aliphatic carbocycles. The van der Waals surface area contributed by atoms with Crippen LogP contribution in [-0.4, -0.2) is 65.0 Å². The summed E-state index contributed by atoms with van der Waals surface area (Å²) in [5.74, 6) is -13.1. The second-order valence-corrected chi connectivity index (χ2v) is 10.8. The highest BCUT2D eigenvalue weighted by Crippen LogP contribution is 2.30. The average Bonchev–Trinajstić information content (AvgIpc) is 3.08. The first kappa shape index (κ1) is 29.2.